The zero-order valence-electron chi connectivity index (χ0n) is 24.0. The maximum atomic E-state index is 13.6. The van der Waals surface area contributed by atoms with Gasteiger partial charge in [0, 0.05) is 11.8 Å². The Labute approximate surface area is 249 Å². The summed E-state index contributed by atoms with van der Waals surface area (Å²) in [6.07, 6.45) is 1.37. The van der Waals surface area contributed by atoms with Crippen molar-refractivity contribution in [2.24, 2.45) is 0 Å². The number of amidine groups is 1. The highest BCUT2D eigenvalue weighted by atomic mass is 32.2. The van der Waals surface area contributed by atoms with E-state index in [2.05, 4.69) is 19.7 Å². The predicted molar refractivity (Wildman–Crippen MR) is 159 cm³/mol. The smallest absolute Gasteiger partial charge is 0.263 e. The van der Waals surface area contributed by atoms with E-state index in [1.54, 1.807) is 41.9 Å². The van der Waals surface area contributed by atoms with Crippen LogP contribution in [-0.4, -0.2) is 59.8 Å². The van der Waals surface area contributed by atoms with Crippen molar-refractivity contribution in [3.8, 4) is 34.5 Å². The third-order valence-corrected chi connectivity index (χ3v) is 7.45. The molecule has 226 valence electrons. The summed E-state index contributed by atoms with van der Waals surface area (Å²) in [5.41, 5.74) is 2.88. The number of aliphatic hydroxyl groups excluding tert-OH is 1. The summed E-state index contributed by atoms with van der Waals surface area (Å²) >= 11 is 0. The zero-order chi connectivity index (χ0) is 31.2. The molecule has 0 aliphatic rings. The van der Waals surface area contributed by atoms with Gasteiger partial charge in [0.2, 0.25) is 5.75 Å². The van der Waals surface area contributed by atoms with E-state index in [9.17, 15) is 13.5 Å². The van der Waals surface area contributed by atoms with Crippen molar-refractivity contribution < 1.29 is 32.9 Å². The number of benzene rings is 2. The molecular weight excluding hydrogens is 576 g/mol. The van der Waals surface area contributed by atoms with Crippen molar-refractivity contribution >= 4 is 21.7 Å². The van der Waals surface area contributed by atoms with Crippen molar-refractivity contribution in [3.05, 3.63) is 78.1 Å². The van der Waals surface area contributed by atoms with Gasteiger partial charge >= 0.3 is 0 Å². The van der Waals surface area contributed by atoms with Crippen LogP contribution in [0.2, 0.25) is 0 Å². The molecule has 2 aromatic carbocycles. The number of pyridine rings is 1. The molecule has 0 aliphatic heterocycles. The number of rotatable bonds is 11. The van der Waals surface area contributed by atoms with Crippen LogP contribution in [0.3, 0.4) is 0 Å². The summed E-state index contributed by atoms with van der Waals surface area (Å²) < 4.78 is 47.0. The molecule has 5 N–H and O–H groups in total. The molecule has 0 amide bonds. The number of para-hydroxylation sites is 2. The molecule has 13 nitrogen and oxygen atoms in total. The minimum atomic E-state index is -4.21. The lowest BCUT2D eigenvalue weighted by atomic mass is 9.87. The number of hydroxylamine groups is 1. The van der Waals surface area contributed by atoms with Gasteiger partial charge in [0.15, 0.2) is 29.0 Å². The molecule has 0 spiro atoms. The number of anilines is 1. The van der Waals surface area contributed by atoms with E-state index in [0.717, 1.165) is 5.56 Å². The van der Waals surface area contributed by atoms with Crippen LogP contribution in [0.15, 0.2) is 71.8 Å². The summed E-state index contributed by atoms with van der Waals surface area (Å²) in [4.78, 5) is 12.9. The molecule has 14 heteroatoms. The van der Waals surface area contributed by atoms with E-state index in [-0.39, 0.29) is 64.1 Å². The third kappa shape index (κ3) is 7.35. The molecule has 43 heavy (non-hydrogen) atoms. The molecule has 0 radical (unpaired) electrons. The van der Waals surface area contributed by atoms with Crippen LogP contribution in [-0.2, 0) is 15.4 Å². The number of hydrogen-bond acceptors (Lipinski definition) is 11. The summed E-state index contributed by atoms with van der Waals surface area (Å²) in [7, 11) is -2.76. The summed E-state index contributed by atoms with van der Waals surface area (Å²) in [6, 6.07) is 16.1. The van der Waals surface area contributed by atoms with Crippen LogP contribution < -0.4 is 24.4 Å². The lowest BCUT2D eigenvalue weighted by molar-refractivity contribution is 0.192. The predicted octanol–water partition coefficient (Wildman–Crippen LogP) is 4.11. The van der Waals surface area contributed by atoms with Crippen molar-refractivity contribution in [3.63, 3.8) is 0 Å². The monoisotopic (exact) mass is 608 g/mol. The van der Waals surface area contributed by atoms with Gasteiger partial charge in [0.25, 0.3) is 15.9 Å². The van der Waals surface area contributed by atoms with Gasteiger partial charge in [-0.15, -0.1) is 0 Å². The molecule has 4 rings (SSSR count). The number of sulfonamides is 1. The Morgan fingerprint density at radius 2 is 1.72 bits per heavy atom. The quantitative estimate of drug-likeness (QED) is 0.0936. The van der Waals surface area contributed by atoms with Crippen molar-refractivity contribution in [2.75, 3.05) is 25.0 Å². The molecule has 2 aromatic heterocycles. The van der Waals surface area contributed by atoms with E-state index in [4.69, 9.17) is 24.8 Å². The van der Waals surface area contributed by atoms with Crippen LogP contribution in [0.1, 0.15) is 32.0 Å². The van der Waals surface area contributed by atoms with Crippen LogP contribution in [0.5, 0.6) is 23.1 Å². The topological polar surface area (TPSA) is 189 Å². The van der Waals surface area contributed by atoms with Crippen LogP contribution >= 0.6 is 0 Å². The highest BCUT2D eigenvalue weighted by Crippen LogP contribution is 2.41. The van der Waals surface area contributed by atoms with E-state index >= 15 is 0 Å². The lowest BCUT2D eigenvalue weighted by Gasteiger charge is -2.20. The van der Waals surface area contributed by atoms with Gasteiger partial charge in [0.1, 0.15) is 12.3 Å². The van der Waals surface area contributed by atoms with Gasteiger partial charge in [0.05, 0.1) is 18.6 Å². The number of methoxy groups -OCH3 is 1. The molecule has 4 aromatic rings. The SMILES string of the molecule is COc1ccccc1Oc1c(NS(=O)(=O)c2ccc(C(C)(C)C)cc2)nc(-c2ccnc(C(=N)NO)c2)nc1OCCO. The minimum Gasteiger partial charge on any atom is -0.493 e. The van der Waals surface area contributed by atoms with Crippen molar-refractivity contribution in [2.45, 2.75) is 31.1 Å². The molecular formula is C29H32N6O7S. The normalized spacial score (nSPS) is 11.5. The Morgan fingerprint density at radius 3 is 2.35 bits per heavy atom. The maximum Gasteiger partial charge on any atom is 0.263 e. The Balaban J connectivity index is 1.89. The molecule has 0 unspecified atom stereocenters. The largest absolute Gasteiger partial charge is 0.493 e. The van der Waals surface area contributed by atoms with E-state index in [0.29, 0.717) is 11.3 Å². The van der Waals surface area contributed by atoms with E-state index in [1.807, 2.05) is 20.8 Å². The maximum absolute atomic E-state index is 13.6. The fraction of sp³-hybridized carbons (Fsp3) is 0.241. The Kier molecular flexibility index (Phi) is 9.43. The number of ether oxygens (including phenoxy) is 3. The second kappa shape index (κ2) is 13.0. The van der Waals surface area contributed by atoms with Gasteiger partial charge in [-0.05, 0) is 47.4 Å². The highest BCUT2D eigenvalue weighted by Gasteiger charge is 2.26. The van der Waals surface area contributed by atoms with Crippen LogP contribution in [0, 0.1) is 5.41 Å². The van der Waals surface area contributed by atoms with Gasteiger partial charge < -0.3 is 19.3 Å². The summed E-state index contributed by atoms with van der Waals surface area (Å²) in [5, 5.41) is 26.5. The fourth-order valence-corrected chi connectivity index (χ4v) is 4.86. The third-order valence-electron chi connectivity index (χ3n) is 6.09. The number of aliphatic hydroxyl groups is 1. The number of hydrogen-bond donors (Lipinski definition) is 5. The van der Waals surface area contributed by atoms with E-state index < -0.39 is 10.0 Å². The summed E-state index contributed by atoms with van der Waals surface area (Å²) in [5.74, 6) is -0.462. The highest BCUT2D eigenvalue weighted by molar-refractivity contribution is 7.92. The van der Waals surface area contributed by atoms with Gasteiger partial charge in [-0.3, -0.25) is 25.8 Å². The Morgan fingerprint density at radius 1 is 1.02 bits per heavy atom. The average molecular weight is 609 g/mol. The number of nitrogens with one attached hydrogen (secondary N) is 3. The molecule has 2 heterocycles. The fourth-order valence-electron chi connectivity index (χ4n) is 3.86. The first-order chi connectivity index (χ1) is 20.5. The van der Waals surface area contributed by atoms with Crippen LogP contribution in [0.25, 0.3) is 11.4 Å². The van der Waals surface area contributed by atoms with Crippen LogP contribution in [0.4, 0.5) is 5.82 Å². The molecule has 0 aliphatic carbocycles. The lowest BCUT2D eigenvalue weighted by Crippen LogP contribution is -2.20. The first-order valence-corrected chi connectivity index (χ1v) is 14.5. The van der Waals surface area contributed by atoms with Gasteiger partial charge in [-0.2, -0.15) is 4.98 Å². The average Bonchev–Trinajstić information content (AvgIpc) is 3.00. The molecule has 0 atom stereocenters. The van der Waals surface area contributed by atoms with Gasteiger partial charge in [-0.25, -0.2) is 13.4 Å². The summed E-state index contributed by atoms with van der Waals surface area (Å²) in [6.45, 7) is 5.51. The zero-order valence-corrected chi connectivity index (χ0v) is 24.8. The van der Waals surface area contributed by atoms with Crippen molar-refractivity contribution in [1.82, 2.24) is 20.4 Å². The second-order valence-electron chi connectivity index (χ2n) is 10.2. The molecule has 0 saturated carbocycles. The van der Waals surface area contributed by atoms with Crippen molar-refractivity contribution in [1.29, 1.82) is 5.41 Å². The number of aromatic nitrogens is 3. The first-order valence-electron chi connectivity index (χ1n) is 13.0. The second-order valence-corrected chi connectivity index (χ2v) is 11.8. The Bertz CT molecular complexity index is 1710. The Hall–Kier alpha value is -4.79. The molecule has 0 saturated heterocycles. The first kappa shape index (κ1) is 31.2. The minimum absolute atomic E-state index is 0.0181. The molecule has 0 fully saturated rings. The number of nitrogens with zero attached hydrogens (tertiary/aromatic N) is 3. The molecule has 0 bridgehead atoms. The van der Waals surface area contributed by atoms with Gasteiger partial charge in [-0.1, -0.05) is 45.0 Å². The standard InChI is InChI=1S/C29H32N6O7S/c1-29(2,3)19-9-11-20(12-10-19)43(38,39)35-27-24(42-23-8-6-5-7-22(23)40-4)28(41-16-15-36)33-26(32-27)18-13-14-31-21(17-18)25(30)34-37/h5-14,17,36-37H,15-16H2,1-4H3,(H2,30,34)(H,32,33,35). The van der Waals surface area contributed by atoms with E-state index in [1.165, 1.54) is 37.6 Å².